The number of hydrogen-bond acceptors (Lipinski definition) is 4. The van der Waals surface area contributed by atoms with Crippen molar-refractivity contribution < 1.29 is 24.2 Å². The molecule has 20 heavy (non-hydrogen) atoms. The summed E-state index contributed by atoms with van der Waals surface area (Å²) in [6.07, 6.45) is 0.193. The molecule has 0 aliphatic heterocycles. The maximum Gasteiger partial charge on any atom is 0.333 e. The van der Waals surface area contributed by atoms with Gasteiger partial charge in [-0.3, -0.25) is 9.59 Å². The number of rotatable bonds is 7. The molecule has 0 heterocycles. The quantitative estimate of drug-likeness (QED) is 0.733. The van der Waals surface area contributed by atoms with E-state index in [1.165, 1.54) is 7.11 Å². The van der Waals surface area contributed by atoms with Crippen LogP contribution >= 0.6 is 0 Å². The number of nitrogens with one attached hydrogen (secondary N) is 1. The van der Waals surface area contributed by atoms with Crippen molar-refractivity contribution in [1.29, 1.82) is 0 Å². The number of carboxylic acids is 1. The van der Waals surface area contributed by atoms with E-state index in [9.17, 15) is 14.4 Å². The van der Waals surface area contributed by atoms with Crippen LogP contribution < -0.4 is 5.32 Å². The Kier molecular flexibility index (Phi) is 6.22. The molecule has 0 bridgehead atoms. The van der Waals surface area contributed by atoms with Gasteiger partial charge in [0.25, 0.3) is 0 Å². The van der Waals surface area contributed by atoms with Crippen molar-refractivity contribution in [3.05, 3.63) is 35.9 Å². The molecule has 0 radical (unpaired) electrons. The van der Waals surface area contributed by atoms with Crippen molar-refractivity contribution in [3.63, 3.8) is 0 Å². The van der Waals surface area contributed by atoms with Crippen LogP contribution in [0.1, 0.15) is 30.9 Å². The van der Waals surface area contributed by atoms with E-state index < -0.39 is 18.0 Å². The van der Waals surface area contributed by atoms with E-state index in [1.54, 1.807) is 30.3 Å². The van der Waals surface area contributed by atoms with Gasteiger partial charge in [0.2, 0.25) is 5.91 Å². The fraction of sp³-hybridized carbons (Fsp3) is 0.357. The molecule has 1 aromatic rings. The number of aliphatic carboxylic acids is 1. The number of amides is 1. The van der Waals surface area contributed by atoms with Crippen LogP contribution in [0.3, 0.4) is 0 Å². The Balaban J connectivity index is 2.64. The molecular weight excluding hydrogens is 262 g/mol. The number of hydrogen-bond donors (Lipinski definition) is 2. The smallest absolute Gasteiger partial charge is 0.333 e. The Morgan fingerprint density at radius 1 is 1.20 bits per heavy atom. The van der Waals surface area contributed by atoms with Gasteiger partial charge in [0, 0.05) is 12.8 Å². The summed E-state index contributed by atoms with van der Waals surface area (Å²) in [5.41, 5.74) is 0.617. The average Bonchev–Trinajstić information content (AvgIpc) is 2.44. The van der Waals surface area contributed by atoms with Crippen molar-refractivity contribution in [2.45, 2.75) is 25.3 Å². The van der Waals surface area contributed by atoms with Crippen LogP contribution in [0.5, 0.6) is 0 Å². The normalized spacial score (nSPS) is 11.4. The van der Waals surface area contributed by atoms with E-state index in [0.717, 1.165) is 0 Å². The van der Waals surface area contributed by atoms with Crippen LogP contribution in [0, 0.1) is 0 Å². The molecule has 0 aliphatic carbocycles. The first-order valence-electron chi connectivity index (χ1n) is 6.18. The fourth-order valence-corrected chi connectivity index (χ4v) is 1.68. The van der Waals surface area contributed by atoms with Gasteiger partial charge in [-0.1, -0.05) is 30.3 Å². The summed E-state index contributed by atoms with van der Waals surface area (Å²) in [6, 6.07) is 7.84. The topological polar surface area (TPSA) is 92.7 Å². The van der Waals surface area contributed by atoms with Crippen molar-refractivity contribution in [3.8, 4) is 0 Å². The van der Waals surface area contributed by atoms with Crippen LogP contribution in [-0.2, 0) is 19.1 Å². The number of ether oxygens (including phenoxy) is 1. The Morgan fingerprint density at radius 2 is 1.85 bits per heavy atom. The minimum absolute atomic E-state index is 0.0482. The molecular formula is C14H17NO5. The summed E-state index contributed by atoms with van der Waals surface area (Å²) in [4.78, 5) is 33.8. The van der Waals surface area contributed by atoms with Gasteiger partial charge in [0.1, 0.15) is 0 Å². The van der Waals surface area contributed by atoms with Gasteiger partial charge in [-0.2, -0.15) is 0 Å². The predicted octanol–water partition coefficient (Wildman–Crippen LogP) is 1.27. The third kappa shape index (κ3) is 5.09. The maximum absolute atomic E-state index is 11.7. The lowest BCUT2D eigenvalue weighted by Gasteiger charge is -2.16. The summed E-state index contributed by atoms with van der Waals surface area (Å²) in [5, 5.41) is 11.1. The van der Waals surface area contributed by atoms with E-state index in [2.05, 4.69) is 10.1 Å². The van der Waals surface area contributed by atoms with Gasteiger partial charge in [-0.15, -0.1) is 0 Å². The second-order valence-electron chi connectivity index (χ2n) is 4.18. The van der Waals surface area contributed by atoms with Gasteiger partial charge in [-0.25, -0.2) is 4.79 Å². The van der Waals surface area contributed by atoms with Gasteiger partial charge < -0.3 is 15.2 Å². The first kappa shape index (κ1) is 15.7. The van der Waals surface area contributed by atoms with Crippen molar-refractivity contribution in [2.24, 2.45) is 0 Å². The predicted molar refractivity (Wildman–Crippen MR) is 70.8 cm³/mol. The molecule has 1 unspecified atom stereocenters. The zero-order chi connectivity index (χ0) is 15.0. The first-order valence-corrected chi connectivity index (χ1v) is 6.18. The number of carbonyl (C=O) groups is 3. The number of methoxy groups -OCH3 is 1. The standard InChI is InChI=1S/C14H17NO5/c1-20-14(19)13(10-6-3-2-4-7-10)15-11(16)8-5-9-12(17)18/h2-4,6-7,13H,5,8-9H2,1H3,(H,15,16)(H,17,18). The average molecular weight is 279 g/mol. The number of benzene rings is 1. The molecule has 1 aromatic carbocycles. The largest absolute Gasteiger partial charge is 0.481 e. The minimum Gasteiger partial charge on any atom is -0.481 e. The lowest BCUT2D eigenvalue weighted by molar-refractivity contribution is -0.145. The third-order valence-electron chi connectivity index (χ3n) is 2.67. The monoisotopic (exact) mass is 279 g/mol. The lowest BCUT2D eigenvalue weighted by atomic mass is 10.1. The molecule has 0 saturated heterocycles. The van der Waals surface area contributed by atoms with Crippen molar-refractivity contribution >= 4 is 17.8 Å². The molecule has 0 fully saturated rings. The molecule has 1 atom stereocenters. The Labute approximate surface area is 116 Å². The first-order chi connectivity index (χ1) is 9.54. The van der Waals surface area contributed by atoms with E-state index in [4.69, 9.17) is 5.11 Å². The van der Waals surface area contributed by atoms with Gasteiger partial charge >= 0.3 is 11.9 Å². The molecule has 108 valence electrons. The van der Waals surface area contributed by atoms with Gasteiger partial charge in [0.15, 0.2) is 6.04 Å². The van der Waals surface area contributed by atoms with Crippen LogP contribution in [0.4, 0.5) is 0 Å². The summed E-state index contributed by atoms with van der Waals surface area (Å²) >= 11 is 0. The highest BCUT2D eigenvalue weighted by Gasteiger charge is 2.23. The number of esters is 1. The Hall–Kier alpha value is -2.37. The van der Waals surface area contributed by atoms with Crippen LogP contribution in [-0.4, -0.2) is 30.1 Å². The second-order valence-corrected chi connectivity index (χ2v) is 4.18. The Morgan fingerprint density at radius 3 is 2.40 bits per heavy atom. The van der Waals surface area contributed by atoms with E-state index >= 15 is 0 Å². The number of carbonyl (C=O) groups excluding carboxylic acids is 2. The van der Waals surface area contributed by atoms with Gasteiger partial charge in [0.05, 0.1) is 7.11 Å². The summed E-state index contributed by atoms with van der Waals surface area (Å²) < 4.78 is 4.66. The van der Waals surface area contributed by atoms with E-state index in [-0.39, 0.29) is 25.2 Å². The molecule has 0 aromatic heterocycles. The highest BCUT2D eigenvalue weighted by molar-refractivity contribution is 5.85. The molecule has 0 aliphatic rings. The summed E-state index contributed by atoms with van der Waals surface area (Å²) in [6.45, 7) is 0. The number of carboxylic acid groups (broad SMARTS) is 1. The Bertz CT molecular complexity index is 472. The van der Waals surface area contributed by atoms with E-state index in [1.807, 2.05) is 0 Å². The van der Waals surface area contributed by atoms with E-state index in [0.29, 0.717) is 5.56 Å². The van der Waals surface area contributed by atoms with Crippen LogP contribution in [0.25, 0.3) is 0 Å². The van der Waals surface area contributed by atoms with Crippen LogP contribution in [0.15, 0.2) is 30.3 Å². The zero-order valence-electron chi connectivity index (χ0n) is 11.2. The van der Waals surface area contributed by atoms with Crippen molar-refractivity contribution in [1.82, 2.24) is 5.32 Å². The highest BCUT2D eigenvalue weighted by Crippen LogP contribution is 2.14. The lowest BCUT2D eigenvalue weighted by Crippen LogP contribution is -2.34. The molecule has 1 amide bonds. The molecule has 1 rings (SSSR count). The third-order valence-corrected chi connectivity index (χ3v) is 2.67. The van der Waals surface area contributed by atoms with Crippen LogP contribution in [0.2, 0.25) is 0 Å². The molecule has 6 heteroatoms. The molecule has 0 spiro atoms. The molecule has 2 N–H and O–H groups in total. The maximum atomic E-state index is 11.7. The molecule has 0 saturated carbocycles. The SMILES string of the molecule is COC(=O)C(NC(=O)CCCC(=O)O)c1ccccc1. The minimum atomic E-state index is -0.953. The van der Waals surface area contributed by atoms with Crippen molar-refractivity contribution in [2.75, 3.05) is 7.11 Å². The second kappa shape index (κ2) is 7.93. The highest BCUT2D eigenvalue weighted by atomic mass is 16.5. The summed E-state index contributed by atoms with van der Waals surface area (Å²) in [7, 11) is 1.24. The zero-order valence-corrected chi connectivity index (χ0v) is 11.2. The fourth-order valence-electron chi connectivity index (χ4n) is 1.68. The molecule has 6 nitrogen and oxygen atoms in total. The van der Waals surface area contributed by atoms with Gasteiger partial charge in [-0.05, 0) is 12.0 Å². The summed E-state index contributed by atoms with van der Waals surface area (Å²) in [5.74, 6) is -1.90.